The van der Waals surface area contributed by atoms with Gasteiger partial charge >= 0.3 is 0 Å². The number of carbonyl (C=O) groups excluding carboxylic acids is 1. The first-order chi connectivity index (χ1) is 14.6. The third kappa shape index (κ3) is 5.28. The molecular weight excluding hydrogens is 416 g/mol. The average Bonchev–Trinajstić information content (AvgIpc) is 3.14. The number of fused-ring (bicyclic) bond motifs is 1. The molecule has 3 rings (SSSR count). The Bertz CT molecular complexity index is 1050. The van der Waals surface area contributed by atoms with E-state index in [9.17, 15) is 13.6 Å². The molecule has 0 aliphatic rings. The maximum absolute atomic E-state index is 14.2. The van der Waals surface area contributed by atoms with Gasteiger partial charge < -0.3 is 4.90 Å². The van der Waals surface area contributed by atoms with E-state index in [4.69, 9.17) is 0 Å². The van der Waals surface area contributed by atoms with Crippen molar-refractivity contribution in [3.05, 3.63) is 59.2 Å². The zero-order valence-electron chi connectivity index (χ0n) is 18.7. The molecule has 0 atom stereocenters. The molecule has 0 spiro atoms. The fraction of sp³-hybridized carbons (Fsp3) is 0.417. The van der Waals surface area contributed by atoms with Gasteiger partial charge in [-0.25, -0.2) is 13.8 Å². The van der Waals surface area contributed by atoms with Gasteiger partial charge in [-0.3, -0.25) is 9.69 Å². The summed E-state index contributed by atoms with van der Waals surface area (Å²) >= 11 is 1.13. The first kappa shape index (κ1) is 23.3. The van der Waals surface area contributed by atoms with Crippen molar-refractivity contribution in [2.45, 2.75) is 40.0 Å². The summed E-state index contributed by atoms with van der Waals surface area (Å²) in [6.07, 6.45) is 0. The highest BCUT2D eigenvalue weighted by Gasteiger charge is 2.24. The third-order valence-corrected chi connectivity index (χ3v) is 6.44. The molecule has 3 aromatic rings. The van der Waals surface area contributed by atoms with E-state index in [0.29, 0.717) is 28.5 Å². The van der Waals surface area contributed by atoms with Crippen molar-refractivity contribution in [1.82, 2.24) is 9.88 Å². The fourth-order valence-electron chi connectivity index (χ4n) is 3.39. The minimum absolute atomic E-state index is 0.0152. The fourth-order valence-corrected chi connectivity index (χ4v) is 4.42. The Morgan fingerprint density at radius 2 is 1.68 bits per heavy atom. The minimum Gasteiger partial charge on any atom is -0.302 e. The molecule has 0 aliphatic carbocycles. The zero-order valence-corrected chi connectivity index (χ0v) is 19.5. The van der Waals surface area contributed by atoms with Crippen molar-refractivity contribution in [2.75, 3.05) is 31.1 Å². The highest BCUT2D eigenvalue weighted by molar-refractivity contribution is 7.22. The van der Waals surface area contributed by atoms with Gasteiger partial charge in [0.15, 0.2) is 10.9 Å². The van der Waals surface area contributed by atoms with Crippen LogP contribution in [0.5, 0.6) is 0 Å². The van der Waals surface area contributed by atoms with Crippen molar-refractivity contribution in [3.8, 4) is 0 Å². The zero-order chi connectivity index (χ0) is 22.8. The second-order valence-corrected chi connectivity index (χ2v) is 9.55. The second kappa shape index (κ2) is 9.40. The summed E-state index contributed by atoms with van der Waals surface area (Å²) in [5.41, 5.74) is 1.75. The number of carbonyl (C=O) groups is 1. The smallest absolute Gasteiger partial charge is 0.260 e. The predicted molar refractivity (Wildman–Crippen MR) is 124 cm³/mol. The van der Waals surface area contributed by atoms with Crippen LogP contribution < -0.4 is 4.90 Å². The summed E-state index contributed by atoms with van der Waals surface area (Å²) in [7, 11) is 0. The molecular formula is C24H29F2N3OS. The molecule has 1 heterocycles. The molecule has 0 bridgehead atoms. The number of hydrogen-bond acceptors (Lipinski definition) is 4. The maximum atomic E-state index is 14.2. The lowest BCUT2D eigenvalue weighted by Crippen LogP contribution is -2.38. The number of aromatic nitrogens is 1. The Morgan fingerprint density at radius 1 is 1.03 bits per heavy atom. The number of nitrogens with zero attached hydrogens (tertiary/aromatic N) is 3. The van der Waals surface area contributed by atoms with Gasteiger partial charge in [0.25, 0.3) is 5.91 Å². The predicted octanol–water partition coefficient (Wildman–Crippen LogP) is 5.86. The van der Waals surface area contributed by atoms with Crippen LogP contribution in [0.25, 0.3) is 10.2 Å². The number of thiazole rings is 1. The summed E-state index contributed by atoms with van der Waals surface area (Å²) in [4.78, 5) is 21.6. The van der Waals surface area contributed by atoms with Crippen LogP contribution in [0.4, 0.5) is 13.9 Å². The largest absolute Gasteiger partial charge is 0.302 e. The summed E-state index contributed by atoms with van der Waals surface area (Å²) in [5.74, 6) is -1.57. The molecule has 1 aromatic heterocycles. The Balaban J connectivity index is 1.98. The molecule has 166 valence electrons. The summed E-state index contributed by atoms with van der Waals surface area (Å²) < 4.78 is 28.3. The van der Waals surface area contributed by atoms with E-state index in [1.165, 1.54) is 6.07 Å². The van der Waals surface area contributed by atoms with Gasteiger partial charge in [0.1, 0.15) is 11.3 Å². The minimum atomic E-state index is -0.719. The molecule has 2 aromatic carbocycles. The Labute approximate surface area is 186 Å². The lowest BCUT2D eigenvalue weighted by Gasteiger charge is -2.25. The standard InChI is InChI=1S/C24H29F2N3OS/c1-6-28(7-2)12-13-29(22(30)16-8-10-17(11-9-16)24(3,4)5)23-27-21-19(26)14-18(25)15-20(21)31-23/h8-11,14-15H,6-7,12-13H2,1-5H3. The molecule has 0 saturated carbocycles. The average molecular weight is 446 g/mol. The SMILES string of the molecule is CCN(CC)CCN(C(=O)c1ccc(C(C)(C)C)cc1)c1nc2c(F)cc(F)cc2s1. The summed E-state index contributed by atoms with van der Waals surface area (Å²) in [6, 6.07) is 9.64. The first-order valence-corrected chi connectivity index (χ1v) is 11.4. The van der Waals surface area contributed by atoms with Crippen LogP contribution in [0.1, 0.15) is 50.5 Å². The van der Waals surface area contributed by atoms with Crippen LogP contribution in [0.3, 0.4) is 0 Å². The van der Waals surface area contributed by atoms with Gasteiger partial charge in [-0.2, -0.15) is 0 Å². The molecule has 0 fully saturated rings. The normalized spacial score (nSPS) is 12.0. The van der Waals surface area contributed by atoms with E-state index >= 15 is 0 Å². The van der Waals surface area contributed by atoms with E-state index in [-0.39, 0.29) is 16.8 Å². The molecule has 4 nitrogen and oxygen atoms in total. The van der Waals surface area contributed by atoms with Gasteiger partial charge in [0, 0.05) is 24.7 Å². The van der Waals surface area contributed by atoms with Gasteiger partial charge in [-0.15, -0.1) is 0 Å². The van der Waals surface area contributed by atoms with Crippen LogP contribution >= 0.6 is 11.3 Å². The van der Waals surface area contributed by atoms with Crippen LogP contribution in [-0.2, 0) is 5.41 Å². The van der Waals surface area contributed by atoms with Gasteiger partial charge in [-0.1, -0.05) is 58.1 Å². The molecule has 0 aliphatic heterocycles. The molecule has 7 heteroatoms. The highest BCUT2D eigenvalue weighted by atomic mass is 32.1. The van der Waals surface area contributed by atoms with Gasteiger partial charge in [0.2, 0.25) is 0 Å². The Hall–Kier alpha value is -2.38. The number of rotatable bonds is 7. The molecule has 0 unspecified atom stereocenters. The van der Waals surface area contributed by atoms with Crippen LogP contribution in [0, 0.1) is 11.6 Å². The van der Waals surface area contributed by atoms with Crippen LogP contribution in [0.15, 0.2) is 36.4 Å². The summed E-state index contributed by atoms with van der Waals surface area (Å²) in [5, 5.41) is 0.372. The number of benzene rings is 2. The number of amides is 1. The van der Waals surface area contributed by atoms with Crippen molar-refractivity contribution in [3.63, 3.8) is 0 Å². The number of hydrogen-bond donors (Lipinski definition) is 0. The third-order valence-electron chi connectivity index (χ3n) is 5.41. The number of anilines is 1. The van der Waals surface area contributed by atoms with Crippen LogP contribution in [-0.4, -0.2) is 42.0 Å². The van der Waals surface area contributed by atoms with Crippen molar-refractivity contribution >= 4 is 32.6 Å². The highest BCUT2D eigenvalue weighted by Crippen LogP contribution is 2.32. The van der Waals surface area contributed by atoms with Crippen LogP contribution in [0.2, 0.25) is 0 Å². The summed E-state index contributed by atoms with van der Waals surface area (Å²) in [6.45, 7) is 13.3. The quantitative estimate of drug-likeness (QED) is 0.457. The monoisotopic (exact) mass is 445 g/mol. The molecule has 1 amide bonds. The number of likely N-dealkylation sites (N-methyl/N-ethyl adjacent to an activating group) is 1. The van der Waals surface area contributed by atoms with Gasteiger partial charge in [-0.05, 0) is 42.3 Å². The molecule has 31 heavy (non-hydrogen) atoms. The Morgan fingerprint density at radius 3 is 2.26 bits per heavy atom. The van der Waals surface area contributed by atoms with Crippen molar-refractivity contribution in [2.24, 2.45) is 0 Å². The Kier molecular flexibility index (Phi) is 7.06. The lowest BCUT2D eigenvalue weighted by molar-refractivity contribution is 0.0983. The lowest BCUT2D eigenvalue weighted by atomic mass is 9.86. The molecule has 0 radical (unpaired) electrons. The topological polar surface area (TPSA) is 36.4 Å². The number of halogens is 2. The molecule has 0 saturated heterocycles. The van der Waals surface area contributed by atoms with E-state index in [1.807, 2.05) is 24.3 Å². The first-order valence-electron chi connectivity index (χ1n) is 10.5. The van der Waals surface area contributed by atoms with E-state index < -0.39 is 11.6 Å². The van der Waals surface area contributed by atoms with E-state index in [2.05, 4.69) is 44.5 Å². The van der Waals surface area contributed by atoms with E-state index in [1.54, 1.807) is 4.90 Å². The van der Waals surface area contributed by atoms with Crippen molar-refractivity contribution < 1.29 is 13.6 Å². The van der Waals surface area contributed by atoms with E-state index in [0.717, 1.165) is 36.1 Å². The van der Waals surface area contributed by atoms with Crippen molar-refractivity contribution in [1.29, 1.82) is 0 Å². The maximum Gasteiger partial charge on any atom is 0.260 e. The van der Waals surface area contributed by atoms with Gasteiger partial charge in [0.05, 0.1) is 4.70 Å². The molecule has 0 N–H and O–H groups in total. The second-order valence-electron chi connectivity index (χ2n) is 8.54.